The van der Waals surface area contributed by atoms with Crippen LogP contribution in [0.3, 0.4) is 0 Å². The fourth-order valence-corrected chi connectivity index (χ4v) is 5.49. The molecular formula is C20H17F3Si. The molecule has 0 aliphatic carbocycles. The minimum absolute atomic E-state index is 0.750. The Labute approximate surface area is 141 Å². The molecule has 0 amide bonds. The molecule has 0 radical (unpaired) electrons. The Balaban J connectivity index is 0.000000368. The molecule has 0 heterocycles. The van der Waals surface area contributed by atoms with Gasteiger partial charge in [0.25, 0.3) is 6.08 Å². The van der Waals surface area contributed by atoms with Gasteiger partial charge in [-0.2, -0.15) is 8.78 Å². The third-order valence-corrected chi connectivity index (χ3v) is 6.64. The zero-order chi connectivity index (χ0) is 17.2. The highest BCUT2D eigenvalue weighted by Crippen LogP contribution is 1.95. The van der Waals surface area contributed by atoms with Crippen LogP contribution in [0.4, 0.5) is 13.2 Å². The zero-order valence-corrected chi connectivity index (χ0v) is 14.1. The van der Waals surface area contributed by atoms with Crippen LogP contribution in [-0.2, 0) is 0 Å². The third kappa shape index (κ3) is 5.24. The molecule has 0 atom stereocenters. The summed E-state index contributed by atoms with van der Waals surface area (Å²) in [6, 6.07) is 32.7. The second-order valence-corrected chi connectivity index (χ2v) is 7.93. The number of hydrogen-bond acceptors (Lipinski definition) is 0. The molecule has 0 bridgehead atoms. The zero-order valence-electron chi connectivity index (χ0n) is 12.9. The highest BCUT2D eigenvalue weighted by Gasteiger charge is 2.17. The van der Waals surface area contributed by atoms with Gasteiger partial charge in [-0.15, -0.1) is 0 Å². The molecule has 3 aromatic carbocycles. The molecule has 0 fully saturated rings. The molecule has 0 N–H and O–H groups in total. The lowest BCUT2D eigenvalue weighted by atomic mass is 10.3. The second-order valence-electron chi connectivity index (χ2n) is 5.06. The molecule has 24 heavy (non-hydrogen) atoms. The predicted octanol–water partition coefficient (Wildman–Crippen LogP) is 3.63. The van der Waals surface area contributed by atoms with Gasteiger partial charge < -0.3 is 0 Å². The van der Waals surface area contributed by atoms with Gasteiger partial charge in [0, 0.05) is 0 Å². The molecular weight excluding hydrogens is 325 g/mol. The topological polar surface area (TPSA) is 0 Å². The van der Waals surface area contributed by atoms with Crippen LogP contribution >= 0.6 is 0 Å². The summed E-state index contributed by atoms with van der Waals surface area (Å²) in [5, 5.41) is 4.42. The largest absolute Gasteiger partial charge is 0.298 e. The predicted molar refractivity (Wildman–Crippen MR) is 96.8 cm³/mol. The van der Waals surface area contributed by atoms with Crippen molar-refractivity contribution in [2.75, 3.05) is 0 Å². The average molecular weight is 342 g/mol. The monoisotopic (exact) mass is 342 g/mol. The van der Waals surface area contributed by atoms with Crippen LogP contribution in [0.5, 0.6) is 0 Å². The highest BCUT2D eigenvalue weighted by molar-refractivity contribution is 6.95. The number of halogens is 3. The Morgan fingerprint density at radius 3 is 1.04 bits per heavy atom. The number of rotatable bonds is 3. The van der Waals surface area contributed by atoms with E-state index in [1.165, 1.54) is 15.6 Å². The van der Waals surface area contributed by atoms with Gasteiger partial charge in [0.15, 0.2) is 6.33 Å². The fraction of sp³-hybridized carbons (Fsp3) is 0. The van der Waals surface area contributed by atoms with E-state index in [0.29, 0.717) is 0 Å². The van der Waals surface area contributed by atoms with Crippen molar-refractivity contribution in [2.45, 2.75) is 0 Å². The van der Waals surface area contributed by atoms with Crippen molar-refractivity contribution < 1.29 is 13.2 Å². The maximum atomic E-state index is 10.2. The summed E-state index contributed by atoms with van der Waals surface area (Å²) in [5.41, 5.74) is 0. The van der Waals surface area contributed by atoms with Crippen molar-refractivity contribution >= 4 is 24.4 Å². The number of hydrogen-bond donors (Lipinski definition) is 0. The Morgan fingerprint density at radius 1 is 0.583 bits per heavy atom. The van der Waals surface area contributed by atoms with Gasteiger partial charge in [0.1, 0.15) is 8.80 Å². The molecule has 0 nitrogen and oxygen atoms in total. The third-order valence-electron chi connectivity index (χ3n) is 3.48. The van der Waals surface area contributed by atoms with E-state index < -0.39 is 21.2 Å². The van der Waals surface area contributed by atoms with Crippen molar-refractivity contribution in [3.63, 3.8) is 0 Å². The summed E-state index contributed by atoms with van der Waals surface area (Å²) >= 11 is 0. The molecule has 0 saturated heterocycles. The molecule has 3 aromatic rings. The van der Waals surface area contributed by atoms with E-state index in [1.54, 1.807) is 0 Å². The normalized spacial score (nSPS) is 9.83. The first-order chi connectivity index (χ1) is 11.7. The highest BCUT2D eigenvalue weighted by atomic mass is 28.3. The average Bonchev–Trinajstić information content (AvgIpc) is 2.65. The smallest absolute Gasteiger partial charge is 0.210 e. The van der Waals surface area contributed by atoms with Gasteiger partial charge in [0.05, 0.1) is 0 Å². The second kappa shape index (κ2) is 9.52. The summed E-state index contributed by atoms with van der Waals surface area (Å²) in [6.07, 6.45) is -3.04. The SMILES string of the molecule is FC=C(F)F.c1ccc([SiH](c2ccccc2)c2ccccc2)cc1. The van der Waals surface area contributed by atoms with Crippen LogP contribution in [0.25, 0.3) is 0 Å². The minimum Gasteiger partial charge on any atom is -0.210 e. The summed E-state index contributed by atoms with van der Waals surface area (Å²) in [5.74, 6) is 0. The van der Waals surface area contributed by atoms with Crippen LogP contribution in [0, 0.1) is 0 Å². The first kappa shape index (κ1) is 17.8. The molecule has 0 saturated carbocycles. The molecule has 0 unspecified atom stereocenters. The summed E-state index contributed by atoms with van der Waals surface area (Å²) < 4.78 is 30.7. The molecule has 122 valence electrons. The molecule has 3 rings (SSSR count). The Hall–Kier alpha value is -2.59. The molecule has 0 spiro atoms. The first-order valence-corrected chi connectivity index (χ1v) is 9.21. The van der Waals surface area contributed by atoms with Gasteiger partial charge in [-0.05, 0) is 0 Å². The maximum absolute atomic E-state index is 10.2. The van der Waals surface area contributed by atoms with Gasteiger partial charge in [-0.25, -0.2) is 4.39 Å². The molecule has 0 aliphatic heterocycles. The van der Waals surface area contributed by atoms with Gasteiger partial charge >= 0.3 is 0 Å². The lowest BCUT2D eigenvalue weighted by Crippen LogP contribution is -2.51. The Bertz CT molecular complexity index is 646. The summed E-state index contributed by atoms with van der Waals surface area (Å²) in [6.45, 7) is 0. The first-order valence-electron chi connectivity index (χ1n) is 7.48. The van der Waals surface area contributed by atoms with E-state index >= 15 is 0 Å². The quantitative estimate of drug-likeness (QED) is 0.504. The minimum atomic E-state index is -2.29. The lowest BCUT2D eigenvalue weighted by molar-refractivity contribution is 0.400. The maximum Gasteiger partial charge on any atom is 0.298 e. The summed E-state index contributed by atoms with van der Waals surface area (Å²) in [7, 11) is -1.31. The fourth-order valence-electron chi connectivity index (χ4n) is 2.51. The molecule has 0 aromatic heterocycles. The van der Waals surface area contributed by atoms with Gasteiger partial charge in [-0.3, -0.25) is 0 Å². The van der Waals surface area contributed by atoms with Crippen LogP contribution in [-0.4, -0.2) is 8.80 Å². The van der Waals surface area contributed by atoms with E-state index in [9.17, 15) is 13.2 Å². The van der Waals surface area contributed by atoms with E-state index in [2.05, 4.69) is 91.0 Å². The van der Waals surface area contributed by atoms with Crippen molar-refractivity contribution in [1.29, 1.82) is 0 Å². The van der Waals surface area contributed by atoms with E-state index in [1.807, 2.05) is 0 Å². The molecule has 4 heteroatoms. The van der Waals surface area contributed by atoms with Gasteiger partial charge in [0.2, 0.25) is 0 Å². The van der Waals surface area contributed by atoms with E-state index in [0.717, 1.165) is 0 Å². The summed E-state index contributed by atoms with van der Waals surface area (Å²) in [4.78, 5) is 0. The van der Waals surface area contributed by atoms with Gasteiger partial charge in [-0.1, -0.05) is 107 Å². The van der Waals surface area contributed by atoms with Crippen LogP contribution in [0.2, 0.25) is 0 Å². The van der Waals surface area contributed by atoms with Crippen molar-refractivity contribution in [3.8, 4) is 0 Å². The van der Waals surface area contributed by atoms with Crippen LogP contribution in [0.1, 0.15) is 0 Å². The Morgan fingerprint density at radius 2 is 0.833 bits per heavy atom. The molecule has 0 aliphatic rings. The number of benzene rings is 3. The lowest BCUT2D eigenvalue weighted by Gasteiger charge is -2.16. The van der Waals surface area contributed by atoms with Crippen molar-refractivity contribution in [1.82, 2.24) is 0 Å². The van der Waals surface area contributed by atoms with Crippen molar-refractivity contribution in [2.24, 2.45) is 0 Å². The van der Waals surface area contributed by atoms with Crippen molar-refractivity contribution in [3.05, 3.63) is 103 Å². The van der Waals surface area contributed by atoms with E-state index in [4.69, 9.17) is 0 Å². The van der Waals surface area contributed by atoms with Crippen LogP contribution in [0.15, 0.2) is 103 Å². The van der Waals surface area contributed by atoms with E-state index in [-0.39, 0.29) is 0 Å². The van der Waals surface area contributed by atoms with Crippen LogP contribution < -0.4 is 15.6 Å². The Kier molecular flexibility index (Phi) is 7.05. The standard InChI is InChI=1S/C18H16Si.C2HF3/c1-4-10-16(11-5-1)19(17-12-6-2-7-13-17)18-14-8-3-9-15-18;3-1-2(4)5/h1-15,19H;1H.